The van der Waals surface area contributed by atoms with E-state index in [0.29, 0.717) is 35.3 Å². The summed E-state index contributed by atoms with van der Waals surface area (Å²) in [5.41, 5.74) is 1.72. The first-order chi connectivity index (χ1) is 16.4. The van der Waals surface area contributed by atoms with Crippen molar-refractivity contribution in [1.82, 2.24) is 4.31 Å². The van der Waals surface area contributed by atoms with Crippen molar-refractivity contribution in [3.8, 4) is 5.75 Å². The lowest BCUT2D eigenvalue weighted by Gasteiger charge is -2.29. The van der Waals surface area contributed by atoms with Gasteiger partial charge in [-0.1, -0.05) is 18.2 Å². The number of nitrogens with zero attached hydrogens (tertiary/aromatic N) is 2. The van der Waals surface area contributed by atoms with E-state index in [-0.39, 0.29) is 12.6 Å². The lowest BCUT2D eigenvalue weighted by atomic mass is 10.2. The van der Waals surface area contributed by atoms with Gasteiger partial charge in [0.15, 0.2) is 0 Å². The van der Waals surface area contributed by atoms with Gasteiger partial charge in [0.1, 0.15) is 23.0 Å². The summed E-state index contributed by atoms with van der Waals surface area (Å²) in [4.78, 5) is 14.9. The minimum atomic E-state index is -1.54. The summed E-state index contributed by atoms with van der Waals surface area (Å²) in [6.45, 7) is 5.11. The Morgan fingerprint density at radius 1 is 1.24 bits per heavy atom. The largest absolute Gasteiger partial charge is 0.461 e. The zero-order valence-corrected chi connectivity index (χ0v) is 21.3. The van der Waals surface area contributed by atoms with Gasteiger partial charge in [0.2, 0.25) is 5.83 Å². The van der Waals surface area contributed by atoms with Crippen LogP contribution in [0.1, 0.15) is 13.8 Å². The van der Waals surface area contributed by atoms with Crippen LogP contribution in [0.4, 0.5) is 15.8 Å². The molecule has 0 radical (unpaired) electrons. The topological polar surface area (TPSA) is 68.3 Å². The molecule has 0 fully saturated rings. The minimum absolute atomic E-state index is 0.0541. The van der Waals surface area contributed by atoms with E-state index in [1.165, 1.54) is 11.8 Å². The average molecular weight is 509 g/mol. The van der Waals surface area contributed by atoms with E-state index in [1.807, 2.05) is 49.6 Å². The highest BCUT2D eigenvalue weighted by Gasteiger charge is 2.33. The molecule has 0 saturated carbocycles. The van der Waals surface area contributed by atoms with Crippen molar-refractivity contribution in [3.05, 3.63) is 54.6 Å². The molecule has 184 valence electrons. The number of para-hydroxylation sites is 1. The number of halogens is 1. The number of rotatable bonds is 9. The minimum Gasteiger partial charge on any atom is -0.461 e. The Bertz CT molecular complexity index is 1050. The van der Waals surface area contributed by atoms with E-state index in [4.69, 9.17) is 9.47 Å². The summed E-state index contributed by atoms with van der Waals surface area (Å²) in [7, 11) is 0.257. The Morgan fingerprint density at radius 3 is 2.62 bits per heavy atom. The number of fused-ring (bicyclic) bond motifs is 1. The lowest BCUT2D eigenvalue weighted by molar-refractivity contribution is -0.140. The van der Waals surface area contributed by atoms with Gasteiger partial charge in [-0.15, -0.1) is 11.8 Å². The van der Waals surface area contributed by atoms with Crippen LogP contribution in [0.3, 0.4) is 0 Å². The van der Waals surface area contributed by atoms with Gasteiger partial charge in [0, 0.05) is 32.0 Å². The molecular formula is C24H29FN2O5S2. The second kappa shape index (κ2) is 12.3. The number of likely N-dealkylation sites (N-methyl/N-ethyl adjacent to an activating group) is 1. The third kappa shape index (κ3) is 5.99. The average Bonchev–Trinajstić information content (AvgIpc) is 2.96. The van der Waals surface area contributed by atoms with Crippen molar-refractivity contribution in [2.24, 2.45) is 0 Å². The highest BCUT2D eigenvalue weighted by Crippen LogP contribution is 2.42. The number of carbonyl (C=O) groups is 1. The molecule has 2 aromatic carbocycles. The van der Waals surface area contributed by atoms with Gasteiger partial charge in [-0.2, -0.15) is 4.39 Å². The Hall–Kier alpha value is -2.40. The SMILES string of the molecule is CCOCC1CN(c2ccccc2)c2cc(SC)c(O/C=C(\F)C(=O)OCC)cc2S(=O)N1C. The second-order valence-corrected chi connectivity index (χ2v) is 9.69. The first kappa shape index (κ1) is 26.2. The summed E-state index contributed by atoms with van der Waals surface area (Å²) in [5, 5.41) is 0. The van der Waals surface area contributed by atoms with Crippen LogP contribution < -0.4 is 9.64 Å². The van der Waals surface area contributed by atoms with Crippen LogP contribution >= 0.6 is 11.8 Å². The van der Waals surface area contributed by atoms with E-state index in [1.54, 1.807) is 24.3 Å². The first-order valence-electron chi connectivity index (χ1n) is 10.9. The molecule has 1 aliphatic heterocycles. The molecule has 0 saturated heterocycles. The number of benzene rings is 2. The van der Waals surface area contributed by atoms with E-state index in [0.717, 1.165) is 17.6 Å². The molecule has 0 N–H and O–H groups in total. The Balaban J connectivity index is 2.08. The van der Waals surface area contributed by atoms with Crippen molar-refractivity contribution in [2.75, 3.05) is 44.6 Å². The van der Waals surface area contributed by atoms with Gasteiger partial charge in [0.25, 0.3) is 0 Å². The second-order valence-electron chi connectivity index (χ2n) is 7.33. The fourth-order valence-corrected chi connectivity index (χ4v) is 5.28. The molecule has 3 rings (SSSR count). The van der Waals surface area contributed by atoms with Crippen LogP contribution in [0.25, 0.3) is 0 Å². The molecule has 10 heteroatoms. The zero-order chi connectivity index (χ0) is 24.7. The molecule has 1 aliphatic rings. The smallest absolute Gasteiger partial charge is 0.370 e. The van der Waals surface area contributed by atoms with Crippen LogP contribution in [-0.2, 0) is 25.3 Å². The van der Waals surface area contributed by atoms with Gasteiger partial charge in [-0.3, -0.25) is 0 Å². The quantitative estimate of drug-likeness (QED) is 0.211. The number of thioether (sulfide) groups is 1. The summed E-state index contributed by atoms with van der Waals surface area (Å²) in [5.74, 6) is -1.95. The number of hydrogen-bond acceptors (Lipinski definition) is 7. The van der Waals surface area contributed by atoms with Gasteiger partial charge >= 0.3 is 5.97 Å². The lowest BCUT2D eigenvalue weighted by Crippen LogP contribution is -2.42. The number of carbonyl (C=O) groups excluding carboxylic acids is 1. The zero-order valence-electron chi connectivity index (χ0n) is 19.7. The van der Waals surface area contributed by atoms with E-state index in [2.05, 4.69) is 9.64 Å². The third-order valence-corrected chi connectivity index (χ3v) is 7.52. The molecule has 34 heavy (non-hydrogen) atoms. The van der Waals surface area contributed by atoms with E-state index in [9.17, 15) is 13.4 Å². The molecular weight excluding hydrogens is 479 g/mol. The van der Waals surface area contributed by atoms with Crippen molar-refractivity contribution in [2.45, 2.75) is 29.7 Å². The highest BCUT2D eigenvalue weighted by molar-refractivity contribution is 7.98. The van der Waals surface area contributed by atoms with Crippen molar-refractivity contribution < 1.29 is 27.6 Å². The Morgan fingerprint density at radius 2 is 1.97 bits per heavy atom. The maximum atomic E-state index is 14.1. The predicted molar refractivity (Wildman–Crippen MR) is 133 cm³/mol. The van der Waals surface area contributed by atoms with Crippen molar-refractivity contribution in [1.29, 1.82) is 0 Å². The van der Waals surface area contributed by atoms with Gasteiger partial charge in [0.05, 0.1) is 34.7 Å². The van der Waals surface area contributed by atoms with E-state index >= 15 is 0 Å². The molecule has 0 amide bonds. The standard InChI is InChI=1S/C24H29FN2O5S2/c1-5-30-15-18-14-27(17-10-8-7-9-11-17)20-12-22(33-4)21(13-23(20)34(29)26(18)3)32-16-19(25)24(28)31-6-2/h7-13,16,18H,5-6,14-15H2,1-4H3/b19-16-. The molecule has 2 atom stereocenters. The highest BCUT2D eigenvalue weighted by atomic mass is 32.2. The van der Waals surface area contributed by atoms with Crippen LogP contribution in [0.2, 0.25) is 0 Å². The molecule has 0 aromatic heterocycles. The number of hydrogen-bond donors (Lipinski definition) is 0. The first-order valence-corrected chi connectivity index (χ1v) is 13.2. The van der Waals surface area contributed by atoms with Crippen LogP contribution in [-0.4, -0.2) is 60.2 Å². The van der Waals surface area contributed by atoms with Gasteiger partial charge < -0.3 is 19.1 Å². The summed E-state index contributed by atoms with van der Waals surface area (Å²) in [6, 6.07) is 13.2. The van der Waals surface area contributed by atoms with Gasteiger partial charge in [-0.25, -0.2) is 13.3 Å². The normalized spacial score (nSPS) is 18.9. The summed E-state index contributed by atoms with van der Waals surface area (Å²) < 4.78 is 45.3. The molecule has 2 unspecified atom stereocenters. The number of ether oxygens (including phenoxy) is 3. The molecule has 0 bridgehead atoms. The maximum Gasteiger partial charge on any atom is 0.370 e. The Labute approximate surface area is 206 Å². The van der Waals surface area contributed by atoms with Crippen molar-refractivity contribution >= 4 is 40.1 Å². The maximum absolute atomic E-state index is 14.1. The molecule has 0 spiro atoms. The Kier molecular flexibility index (Phi) is 9.52. The summed E-state index contributed by atoms with van der Waals surface area (Å²) >= 11 is 1.40. The monoisotopic (exact) mass is 508 g/mol. The number of anilines is 2. The van der Waals surface area contributed by atoms with Gasteiger partial charge in [-0.05, 0) is 38.3 Å². The predicted octanol–water partition coefficient (Wildman–Crippen LogP) is 4.67. The van der Waals surface area contributed by atoms with Crippen molar-refractivity contribution in [3.63, 3.8) is 0 Å². The van der Waals surface area contributed by atoms with E-state index < -0.39 is 22.8 Å². The van der Waals surface area contributed by atoms with Crippen LogP contribution in [0, 0.1) is 0 Å². The molecule has 2 aromatic rings. The van der Waals surface area contributed by atoms with Crippen LogP contribution in [0.15, 0.2) is 64.3 Å². The fourth-order valence-electron chi connectivity index (χ4n) is 3.47. The van der Waals surface area contributed by atoms with Crippen LogP contribution in [0.5, 0.6) is 5.75 Å². The molecule has 0 aliphatic carbocycles. The third-order valence-electron chi connectivity index (χ3n) is 5.24. The molecule has 1 heterocycles. The summed E-state index contributed by atoms with van der Waals surface area (Å²) in [6.07, 6.45) is 2.58. The molecule has 7 nitrogen and oxygen atoms in total. The fraction of sp³-hybridized carbons (Fsp3) is 0.375. The number of esters is 1.